The lowest BCUT2D eigenvalue weighted by Crippen LogP contribution is -2.62. The van der Waals surface area contributed by atoms with E-state index in [1.807, 2.05) is 0 Å². The number of hydrogen-bond donors (Lipinski definition) is 1. The molecular formula is C12H18O2. The fourth-order valence-corrected chi connectivity index (χ4v) is 5.04. The van der Waals surface area contributed by atoms with Gasteiger partial charge in [0.2, 0.25) is 0 Å². The van der Waals surface area contributed by atoms with E-state index in [1.54, 1.807) is 0 Å². The van der Waals surface area contributed by atoms with E-state index in [0.29, 0.717) is 16.9 Å². The molecule has 4 rings (SSSR count). The summed E-state index contributed by atoms with van der Waals surface area (Å²) >= 11 is 0. The Hall–Kier alpha value is -0.0800. The second-order valence-corrected chi connectivity index (χ2v) is 5.99. The third kappa shape index (κ3) is 0.646. The molecule has 0 radical (unpaired) electrons. The van der Waals surface area contributed by atoms with Crippen LogP contribution < -0.4 is 0 Å². The molecule has 1 spiro atoms. The minimum Gasteiger partial charge on any atom is -0.390 e. The van der Waals surface area contributed by atoms with Crippen LogP contribution in [0.2, 0.25) is 0 Å². The van der Waals surface area contributed by atoms with Crippen LogP contribution in [0.15, 0.2) is 0 Å². The highest BCUT2D eigenvalue weighted by Crippen LogP contribution is 2.75. The van der Waals surface area contributed by atoms with Crippen molar-refractivity contribution in [3.05, 3.63) is 0 Å². The first-order valence-corrected chi connectivity index (χ1v) is 6.09. The van der Waals surface area contributed by atoms with Crippen molar-refractivity contribution in [2.45, 2.75) is 63.3 Å². The molecule has 1 heterocycles. The second-order valence-electron chi connectivity index (χ2n) is 5.99. The minimum absolute atomic E-state index is 0.159. The molecule has 5 atom stereocenters. The summed E-state index contributed by atoms with van der Waals surface area (Å²) < 4.78 is 5.97. The molecule has 0 unspecified atom stereocenters. The highest BCUT2D eigenvalue weighted by molar-refractivity contribution is 5.22. The molecule has 0 amide bonds. The smallest absolute Gasteiger partial charge is 0.0844 e. The third-order valence-corrected chi connectivity index (χ3v) is 5.71. The molecule has 1 saturated heterocycles. The third-order valence-electron chi connectivity index (χ3n) is 5.71. The van der Waals surface area contributed by atoms with Crippen molar-refractivity contribution in [3.8, 4) is 0 Å². The fraction of sp³-hybridized carbons (Fsp3) is 1.00. The first-order valence-electron chi connectivity index (χ1n) is 6.09. The van der Waals surface area contributed by atoms with Crippen molar-refractivity contribution in [1.82, 2.24) is 0 Å². The van der Waals surface area contributed by atoms with Gasteiger partial charge in [0, 0.05) is 5.41 Å². The normalized spacial score (nSPS) is 64.5. The molecule has 4 fully saturated rings. The minimum atomic E-state index is -0.159. The first-order chi connectivity index (χ1) is 6.76. The molecule has 0 aromatic carbocycles. The molecule has 78 valence electrons. The summed E-state index contributed by atoms with van der Waals surface area (Å²) in [5.41, 5.74) is 1.03. The molecule has 14 heavy (non-hydrogen) atoms. The molecule has 3 aliphatic carbocycles. The predicted octanol–water partition coefficient (Wildman–Crippen LogP) is 1.86. The lowest BCUT2D eigenvalue weighted by molar-refractivity contribution is -0.182. The van der Waals surface area contributed by atoms with Crippen LogP contribution in [0.5, 0.6) is 0 Å². The van der Waals surface area contributed by atoms with E-state index in [1.165, 1.54) is 38.5 Å². The fourth-order valence-electron chi connectivity index (χ4n) is 5.04. The van der Waals surface area contributed by atoms with Crippen LogP contribution in [0.1, 0.15) is 44.9 Å². The maximum absolute atomic E-state index is 10.00. The van der Waals surface area contributed by atoms with E-state index < -0.39 is 0 Å². The summed E-state index contributed by atoms with van der Waals surface area (Å²) in [6, 6.07) is 0. The van der Waals surface area contributed by atoms with E-state index in [4.69, 9.17) is 4.74 Å². The summed E-state index contributed by atoms with van der Waals surface area (Å²) in [4.78, 5) is 0. The zero-order chi connectivity index (χ0) is 9.39. The number of aliphatic hydroxyl groups is 1. The molecule has 4 aliphatic rings. The second kappa shape index (κ2) is 2.19. The quantitative estimate of drug-likeness (QED) is 0.638. The molecule has 2 heteroatoms. The van der Waals surface area contributed by atoms with Crippen molar-refractivity contribution in [3.63, 3.8) is 0 Å². The van der Waals surface area contributed by atoms with Crippen LogP contribution in [0.3, 0.4) is 0 Å². The van der Waals surface area contributed by atoms with Gasteiger partial charge in [0.15, 0.2) is 0 Å². The first kappa shape index (κ1) is 8.12. The van der Waals surface area contributed by atoms with Crippen molar-refractivity contribution in [2.24, 2.45) is 10.8 Å². The van der Waals surface area contributed by atoms with Gasteiger partial charge in [-0.1, -0.05) is 12.8 Å². The molecule has 1 aliphatic heterocycles. The van der Waals surface area contributed by atoms with Crippen LogP contribution in [0.25, 0.3) is 0 Å². The maximum atomic E-state index is 10.00. The Bertz CT molecular complexity index is 290. The summed E-state index contributed by atoms with van der Waals surface area (Å²) in [5, 5.41) is 10.00. The van der Waals surface area contributed by atoms with Crippen LogP contribution in [0.4, 0.5) is 0 Å². The monoisotopic (exact) mass is 194 g/mol. The summed E-state index contributed by atoms with van der Waals surface area (Å²) in [6.07, 6.45) is 9.51. The van der Waals surface area contributed by atoms with E-state index in [9.17, 15) is 5.11 Å². The Kier molecular flexibility index (Phi) is 1.27. The Morgan fingerprint density at radius 1 is 1.07 bits per heavy atom. The summed E-state index contributed by atoms with van der Waals surface area (Å²) in [6.45, 7) is 0. The van der Waals surface area contributed by atoms with Gasteiger partial charge in [-0.2, -0.15) is 0 Å². The zero-order valence-electron chi connectivity index (χ0n) is 8.54. The summed E-state index contributed by atoms with van der Waals surface area (Å²) in [7, 11) is 0. The van der Waals surface area contributed by atoms with Gasteiger partial charge in [-0.05, 0) is 37.5 Å². The van der Waals surface area contributed by atoms with E-state index in [2.05, 4.69) is 0 Å². The van der Waals surface area contributed by atoms with E-state index in [-0.39, 0.29) is 12.2 Å². The molecule has 2 bridgehead atoms. The lowest BCUT2D eigenvalue weighted by Gasteiger charge is -2.65. The molecule has 0 aromatic heterocycles. The van der Waals surface area contributed by atoms with Gasteiger partial charge >= 0.3 is 0 Å². The Labute approximate surface area is 84.6 Å². The number of aliphatic hydroxyl groups excluding tert-OH is 1. The standard InChI is InChI=1S/C12H18O2/c13-8-5-11-3-1-2-4-12(11)6-9(8)14-10(12)7-11/h8-10,13H,1-7H2/t8-,9-,10+,11+,12+/m1/s1. The van der Waals surface area contributed by atoms with Gasteiger partial charge in [0.05, 0.1) is 18.3 Å². The van der Waals surface area contributed by atoms with Crippen LogP contribution >= 0.6 is 0 Å². The van der Waals surface area contributed by atoms with Crippen LogP contribution in [0, 0.1) is 10.8 Å². The Morgan fingerprint density at radius 2 is 1.93 bits per heavy atom. The highest BCUT2D eigenvalue weighted by Gasteiger charge is 2.73. The zero-order valence-corrected chi connectivity index (χ0v) is 8.54. The molecule has 0 aromatic rings. The highest BCUT2D eigenvalue weighted by atomic mass is 16.5. The maximum Gasteiger partial charge on any atom is 0.0844 e. The van der Waals surface area contributed by atoms with Crippen molar-refractivity contribution < 1.29 is 9.84 Å². The van der Waals surface area contributed by atoms with Gasteiger partial charge in [0.25, 0.3) is 0 Å². The van der Waals surface area contributed by atoms with E-state index in [0.717, 1.165) is 6.42 Å². The van der Waals surface area contributed by atoms with Crippen molar-refractivity contribution in [2.75, 3.05) is 0 Å². The number of fused-ring (bicyclic) bond motifs is 1. The van der Waals surface area contributed by atoms with Gasteiger partial charge in [0.1, 0.15) is 0 Å². The Morgan fingerprint density at radius 3 is 2.86 bits per heavy atom. The largest absolute Gasteiger partial charge is 0.390 e. The summed E-state index contributed by atoms with van der Waals surface area (Å²) in [5.74, 6) is 0. The molecular weight excluding hydrogens is 176 g/mol. The van der Waals surface area contributed by atoms with E-state index >= 15 is 0 Å². The molecule has 3 saturated carbocycles. The number of hydrogen-bond acceptors (Lipinski definition) is 2. The van der Waals surface area contributed by atoms with Crippen molar-refractivity contribution >= 4 is 0 Å². The van der Waals surface area contributed by atoms with Crippen LogP contribution in [-0.4, -0.2) is 23.4 Å². The van der Waals surface area contributed by atoms with Gasteiger partial charge in [-0.3, -0.25) is 0 Å². The molecule has 2 nitrogen and oxygen atoms in total. The van der Waals surface area contributed by atoms with Crippen molar-refractivity contribution in [1.29, 1.82) is 0 Å². The SMILES string of the molecule is O[C@@H]1C[C@]23CCCC[C@@]24C[C@H]1O[C@H]4C3. The van der Waals surface area contributed by atoms with Gasteiger partial charge < -0.3 is 9.84 Å². The Balaban J connectivity index is 1.80. The topological polar surface area (TPSA) is 29.5 Å². The number of ether oxygens (including phenoxy) is 1. The van der Waals surface area contributed by atoms with Gasteiger partial charge in [-0.25, -0.2) is 0 Å². The average molecular weight is 194 g/mol. The van der Waals surface area contributed by atoms with Gasteiger partial charge in [-0.15, -0.1) is 0 Å². The molecule has 1 N–H and O–H groups in total. The lowest BCUT2D eigenvalue weighted by atomic mass is 9.39. The average Bonchev–Trinajstić information content (AvgIpc) is 2.32. The number of rotatable bonds is 0. The van der Waals surface area contributed by atoms with Crippen LogP contribution in [-0.2, 0) is 4.74 Å². The predicted molar refractivity (Wildman–Crippen MR) is 51.9 cm³/mol.